The number of carbonyl (C=O) groups is 1. The van der Waals surface area contributed by atoms with E-state index in [0.29, 0.717) is 6.42 Å². The van der Waals surface area contributed by atoms with Crippen LogP contribution in [0.1, 0.15) is 19.8 Å². The van der Waals surface area contributed by atoms with Crippen LogP contribution in [0.5, 0.6) is 0 Å². The predicted molar refractivity (Wildman–Crippen MR) is 120 cm³/mol. The highest BCUT2D eigenvalue weighted by Crippen LogP contribution is 2.37. The van der Waals surface area contributed by atoms with Crippen LogP contribution in [-0.4, -0.2) is 169 Å². The quantitative estimate of drug-likeness (QED) is 0.103. The molecule has 14 atom stereocenters. The zero-order valence-electron chi connectivity index (χ0n) is 21.1. The summed E-state index contributed by atoms with van der Waals surface area (Å²) in [5, 5.41) is 101. The molecule has 0 aromatic carbocycles. The molecule has 3 aliphatic heterocycles. The van der Waals surface area contributed by atoms with Crippen LogP contribution >= 0.6 is 0 Å². The van der Waals surface area contributed by atoms with Gasteiger partial charge in [-0.3, -0.25) is 4.79 Å². The Morgan fingerprint density at radius 3 is 1.87 bits per heavy atom. The monoisotopic (exact) mass is 574 g/mol. The molecule has 3 rings (SSSR count). The van der Waals surface area contributed by atoms with E-state index in [9.17, 15) is 55.9 Å². The van der Waals surface area contributed by atoms with Gasteiger partial charge in [0.25, 0.3) is 0 Å². The zero-order chi connectivity index (χ0) is 29.1. The molecule has 0 aliphatic carbocycles. The van der Waals surface area contributed by atoms with Crippen molar-refractivity contribution >= 4 is 5.97 Å². The molecule has 39 heavy (non-hydrogen) atoms. The van der Waals surface area contributed by atoms with E-state index in [1.54, 1.807) is 6.92 Å². The highest BCUT2D eigenvalue weighted by atomic mass is 16.8. The Bertz CT molecular complexity index is 786. The lowest BCUT2D eigenvalue weighted by molar-refractivity contribution is -0.388. The average molecular weight is 575 g/mol. The van der Waals surface area contributed by atoms with E-state index in [1.807, 2.05) is 0 Å². The lowest BCUT2D eigenvalue weighted by Crippen LogP contribution is -2.63. The van der Waals surface area contributed by atoms with Gasteiger partial charge in [0.15, 0.2) is 12.6 Å². The summed E-state index contributed by atoms with van der Waals surface area (Å²) >= 11 is 0. The third-order valence-electron chi connectivity index (χ3n) is 6.83. The van der Waals surface area contributed by atoms with Crippen molar-refractivity contribution in [2.75, 3.05) is 26.4 Å². The van der Waals surface area contributed by atoms with Crippen molar-refractivity contribution in [1.82, 2.24) is 0 Å². The van der Waals surface area contributed by atoms with Crippen LogP contribution in [0, 0.1) is 0 Å². The Labute approximate surface area is 222 Å². The van der Waals surface area contributed by atoms with Gasteiger partial charge >= 0.3 is 5.97 Å². The maximum atomic E-state index is 12.0. The summed E-state index contributed by atoms with van der Waals surface area (Å²) in [5.41, 5.74) is 0. The molecule has 3 heterocycles. The number of hydrogen-bond acceptors (Lipinski definition) is 17. The standard InChI is InChI=1S/C22H38O17/c1-2-3-11(25)35-7-22(19(33)14(28)9(5-24)38-22)39-21-18(32)16(30)13(27)10(37-21)6-34-20-17(31)15(29)12(26)8(4-23)36-20/h8-10,12-21,23-24,26-33H,2-7H2,1H3/t8-,9-,10-,12+,13-,14-,15+,16+,17-,18-,19+,20+,21-,22+/m1/s1. The molecule has 10 N–H and O–H groups in total. The molecular weight excluding hydrogens is 536 g/mol. The van der Waals surface area contributed by atoms with Crippen LogP contribution in [0.2, 0.25) is 0 Å². The first-order valence-electron chi connectivity index (χ1n) is 12.5. The molecule has 17 nitrogen and oxygen atoms in total. The topological polar surface area (TPSA) is 275 Å². The van der Waals surface area contributed by atoms with Gasteiger partial charge in [-0.1, -0.05) is 6.92 Å². The second-order valence-electron chi connectivity index (χ2n) is 9.66. The summed E-state index contributed by atoms with van der Waals surface area (Å²) < 4.78 is 32.3. The Morgan fingerprint density at radius 1 is 0.744 bits per heavy atom. The van der Waals surface area contributed by atoms with Crippen molar-refractivity contribution in [1.29, 1.82) is 0 Å². The number of carbonyl (C=O) groups excluding carboxylic acids is 1. The smallest absolute Gasteiger partial charge is 0.305 e. The molecule has 0 aromatic rings. The van der Waals surface area contributed by atoms with Gasteiger partial charge in [0.2, 0.25) is 5.79 Å². The summed E-state index contributed by atoms with van der Waals surface area (Å²) in [4.78, 5) is 12.0. The van der Waals surface area contributed by atoms with Crippen LogP contribution in [0.25, 0.3) is 0 Å². The lowest BCUT2D eigenvalue weighted by atomic mass is 9.98. The lowest BCUT2D eigenvalue weighted by Gasteiger charge is -2.44. The Balaban J connectivity index is 1.74. The number of aliphatic hydroxyl groups excluding tert-OH is 10. The molecule has 17 heteroatoms. The first-order valence-corrected chi connectivity index (χ1v) is 12.5. The zero-order valence-corrected chi connectivity index (χ0v) is 21.1. The van der Waals surface area contributed by atoms with E-state index < -0.39 is 118 Å². The maximum Gasteiger partial charge on any atom is 0.305 e. The number of hydrogen-bond donors (Lipinski definition) is 10. The molecule has 0 spiro atoms. The Hall–Kier alpha value is -1.13. The van der Waals surface area contributed by atoms with Crippen molar-refractivity contribution in [2.45, 2.75) is 105 Å². The van der Waals surface area contributed by atoms with Crippen molar-refractivity contribution in [3.8, 4) is 0 Å². The van der Waals surface area contributed by atoms with E-state index in [1.165, 1.54) is 0 Å². The molecule has 0 unspecified atom stereocenters. The van der Waals surface area contributed by atoms with E-state index in [0.717, 1.165) is 0 Å². The minimum absolute atomic E-state index is 0.00296. The van der Waals surface area contributed by atoms with Gasteiger partial charge < -0.3 is 79.5 Å². The Morgan fingerprint density at radius 2 is 1.31 bits per heavy atom. The van der Waals surface area contributed by atoms with Crippen LogP contribution < -0.4 is 0 Å². The van der Waals surface area contributed by atoms with Crippen LogP contribution in [-0.2, 0) is 33.2 Å². The molecule has 0 radical (unpaired) electrons. The normalized spacial score (nSPS) is 46.8. The van der Waals surface area contributed by atoms with Crippen molar-refractivity contribution in [3.63, 3.8) is 0 Å². The average Bonchev–Trinajstić information content (AvgIpc) is 3.16. The second-order valence-corrected chi connectivity index (χ2v) is 9.66. The molecule has 0 bridgehead atoms. The van der Waals surface area contributed by atoms with E-state index >= 15 is 0 Å². The summed E-state index contributed by atoms with van der Waals surface area (Å²) in [6.07, 6.45) is -21.7. The highest BCUT2D eigenvalue weighted by molar-refractivity contribution is 5.69. The fourth-order valence-corrected chi connectivity index (χ4v) is 4.46. The molecule has 3 fully saturated rings. The van der Waals surface area contributed by atoms with Crippen LogP contribution in [0.3, 0.4) is 0 Å². The third-order valence-corrected chi connectivity index (χ3v) is 6.83. The Kier molecular flexibility index (Phi) is 11.4. The van der Waals surface area contributed by atoms with Crippen LogP contribution in [0.15, 0.2) is 0 Å². The van der Waals surface area contributed by atoms with Gasteiger partial charge in [-0.15, -0.1) is 0 Å². The fraction of sp³-hybridized carbons (Fsp3) is 0.955. The minimum Gasteiger partial charge on any atom is -0.460 e. The molecule has 3 aliphatic rings. The number of ether oxygens (including phenoxy) is 6. The van der Waals surface area contributed by atoms with E-state index in [2.05, 4.69) is 0 Å². The highest BCUT2D eigenvalue weighted by Gasteiger charge is 2.59. The second kappa shape index (κ2) is 13.7. The van der Waals surface area contributed by atoms with Crippen molar-refractivity contribution in [2.24, 2.45) is 0 Å². The summed E-state index contributed by atoms with van der Waals surface area (Å²) in [7, 11) is 0. The molecule has 0 saturated carbocycles. The summed E-state index contributed by atoms with van der Waals surface area (Å²) in [6, 6.07) is 0. The van der Waals surface area contributed by atoms with Gasteiger partial charge in [0.1, 0.15) is 73.8 Å². The summed E-state index contributed by atoms with van der Waals surface area (Å²) in [5.74, 6) is -3.07. The SMILES string of the molecule is CCCC(=O)OC[C@@]1(O[C@H]2O[C@H](CO[C@H]3O[C@H](CO)[C@H](O)[C@H](O)[C@H]3O)[C@@H](O)[C@H](O)[C@H]2O)O[C@H](CO)[C@@H](O)[C@@H]1O. The number of aliphatic hydroxyl groups is 10. The molecule has 3 saturated heterocycles. The van der Waals surface area contributed by atoms with Crippen molar-refractivity contribution < 1.29 is 84.3 Å². The first-order chi connectivity index (χ1) is 18.4. The van der Waals surface area contributed by atoms with Gasteiger partial charge in [-0.25, -0.2) is 0 Å². The molecule has 0 amide bonds. The number of esters is 1. The fourth-order valence-electron chi connectivity index (χ4n) is 4.46. The van der Waals surface area contributed by atoms with Gasteiger partial charge in [0.05, 0.1) is 19.8 Å². The maximum absolute atomic E-state index is 12.0. The first kappa shape index (κ1) is 32.4. The van der Waals surface area contributed by atoms with E-state index in [4.69, 9.17) is 28.4 Å². The van der Waals surface area contributed by atoms with Gasteiger partial charge in [0, 0.05) is 6.42 Å². The molecule has 0 aromatic heterocycles. The number of rotatable bonds is 11. The minimum atomic E-state index is -2.37. The predicted octanol–water partition coefficient (Wildman–Crippen LogP) is -6.22. The van der Waals surface area contributed by atoms with Gasteiger partial charge in [-0.05, 0) is 6.42 Å². The summed E-state index contributed by atoms with van der Waals surface area (Å²) in [6.45, 7) is -1.24. The molecular formula is C22H38O17. The van der Waals surface area contributed by atoms with Gasteiger partial charge in [-0.2, -0.15) is 0 Å². The van der Waals surface area contributed by atoms with E-state index in [-0.39, 0.29) is 6.42 Å². The third kappa shape index (κ3) is 6.85. The van der Waals surface area contributed by atoms with Crippen LogP contribution in [0.4, 0.5) is 0 Å². The van der Waals surface area contributed by atoms with Crippen molar-refractivity contribution in [3.05, 3.63) is 0 Å². The molecule has 228 valence electrons. The largest absolute Gasteiger partial charge is 0.460 e.